The van der Waals surface area contributed by atoms with E-state index in [0.29, 0.717) is 6.10 Å². The number of nitrogens with one attached hydrogen (secondary N) is 1. The van der Waals surface area contributed by atoms with Crippen LogP contribution in [0.1, 0.15) is 19.3 Å². The summed E-state index contributed by atoms with van der Waals surface area (Å²) in [6, 6.07) is 8.23. The summed E-state index contributed by atoms with van der Waals surface area (Å²) < 4.78 is 5.90. The lowest BCUT2D eigenvalue weighted by Gasteiger charge is -2.26. The molecular formula is C12H13NO. The quantitative estimate of drug-likeness (QED) is 0.767. The number of rotatable bonds is 2. The number of H-pyrrole nitrogens is 1. The number of aromatic amines is 1. The summed E-state index contributed by atoms with van der Waals surface area (Å²) >= 11 is 0. The van der Waals surface area contributed by atoms with E-state index in [4.69, 9.17) is 4.74 Å². The van der Waals surface area contributed by atoms with Crippen molar-refractivity contribution in [2.75, 3.05) is 0 Å². The maximum Gasteiger partial charge on any atom is 0.129 e. The molecule has 0 bridgehead atoms. The van der Waals surface area contributed by atoms with Crippen molar-refractivity contribution < 1.29 is 4.74 Å². The smallest absolute Gasteiger partial charge is 0.129 e. The van der Waals surface area contributed by atoms with Crippen LogP contribution in [0.5, 0.6) is 5.75 Å². The second-order valence-electron chi connectivity index (χ2n) is 3.87. The highest BCUT2D eigenvalue weighted by atomic mass is 16.5. The molecule has 0 unspecified atom stereocenters. The van der Waals surface area contributed by atoms with E-state index in [-0.39, 0.29) is 0 Å². The third kappa shape index (κ3) is 1.18. The number of ether oxygens (including phenoxy) is 1. The molecule has 1 fully saturated rings. The molecule has 0 saturated heterocycles. The van der Waals surface area contributed by atoms with Crippen LogP contribution >= 0.6 is 0 Å². The number of aromatic nitrogens is 1. The van der Waals surface area contributed by atoms with Gasteiger partial charge in [-0.05, 0) is 37.5 Å². The minimum Gasteiger partial charge on any atom is -0.490 e. The van der Waals surface area contributed by atoms with Crippen molar-refractivity contribution in [1.82, 2.24) is 4.98 Å². The van der Waals surface area contributed by atoms with Crippen molar-refractivity contribution >= 4 is 10.9 Å². The first-order chi connectivity index (χ1) is 6.93. The lowest BCUT2D eigenvalue weighted by Crippen LogP contribution is -2.24. The van der Waals surface area contributed by atoms with Gasteiger partial charge in [0, 0.05) is 17.1 Å². The molecule has 2 nitrogen and oxygen atoms in total. The van der Waals surface area contributed by atoms with Gasteiger partial charge in [0.1, 0.15) is 5.75 Å². The Bertz CT molecular complexity index is 442. The summed E-state index contributed by atoms with van der Waals surface area (Å²) in [7, 11) is 0. The molecule has 1 heterocycles. The van der Waals surface area contributed by atoms with Crippen LogP contribution in [-0.2, 0) is 0 Å². The molecule has 1 aliphatic carbocycles. The van der Waals surface area contributed by atoms with Crippen molar-refractivity contribution in [1.29, 1.82) is 0 Å². The molecule has 1 saturated carbocycles. The zero-order chi connectivity index (χ0) is 9.38. The van der Waals surface area contributed by atoms with E-state index in [9.17, 15) is 0 Å². The van der Waals surface area contributed by atoms with Gasteiger partial charge in [0.05, 0.1) is 6.10 Å². The van der Waals surface area contributed by atoms with Crippen LogP contribution in [-0.4, -0.2) is 11.1 Å². The molecule has 1 aromatic heterocycles. The fraction of sp³-hybridized carbons (Fsp3) is 0.333. The Morgan fingerprint density at radius 1 is 1.21 bits per heavy atom. The zero-order valence-corrected chi connectivity index (χ0v) is 7.99. The number of benzene rings is 1. The Morgan fingerprint density at radius 2 is 2.14 bits per heavy atom. The summed E-state index contributed by atoms with van der Waals surface area (Å²) in [4.78, 5) is 3.19. The molecule has 1 aliphatic rings. The fourth-order valence-corrected chi connectivity index (χ4v) is 1.83. The standard InChI is InChI=1S/C12H13NO/c1-3-9(4-1)14-12-6-2-5-11-10(12)7-8-13-11/h2,5-9,13H,1,3-4H2. The van der Waals surface area contributed by atoms with E-state index in [0.717, 1.165) is 11.3 Å². The highest BCUT2D eigenvalue weighted by Gasteiger charge is 2.19. The van der Waals surface area contributed by atoms with E-state index in [1.54, 1.807) is 0 Å². The van der Waals surface area contributed by atoms with E-state index in [2.05, 4.69) is 23.2 Å². The highest BCUT2D eigenvalue weighted by Crippen LogP contribution is 2.30. The molecule has 0 radical (unpaired) electrons. The van der Waals surface area contributed by atoms with E-state index in [1.807, 2.05) is 12.3 Å². The van der Waals surface area contributed by atoms with Crippen LogP contribution < -0.4 is 4.74 Å². The Hall–Kier alpha value is -1.44. The average Bonchev–Trinajstić information content (AvgIpc) is 2.59. The van der Waals surface area contributed by atoms with Crippen LogP contribution in [0.3, 0.4) is 0 Å². The Balaban J connectivity index is 1.97. The van der Waals surface area contributed by atoms with Gasteiger partial charge in [-0.25, -0.2) is 0 Å². The average molecular weight is 187 g/mol. The van der Waals surface area contributed by atoms with Gasteiger partial charge in [-0.1, -0.05) is 6.07 Å². The van der Waals surface area contributed by atoms with Crippen LogP contribution in [0.25, 0.3) is 10.9 Å². The molecule has 72 valence electrons. The number of fused-ring (bicyclic) bond motifs is 1. The maximum atomic E-state index is 5.90. The molecule has 3 rings (SSSR count). The minimum atomic E-state index is 0.454. The molecule has 2 heteroatoms. The van der Waals surface area contributed by atoms with Crippen LogP contribution in [0.2, 0.25) is 0 Å². The first-order valence-electron chi connectivity index (χ1n) is 5.16. The van der Waals surface area contributed by atoms with Crippen LogP contribution in [0.15, 0.2) is 30.5 Å². The molecular weight excluding hydrogens is 174 g/mol. The van der Waals surface area contributed by atoms with Crippen molar-refractivity contribution in [3.8, 4) is 5.75 Å². The highest BCUT2D eigenvalue weighted by molar-refractivity contribution is 5.85. The van der Waals surface area contributed by atoms with Gasteiger partial charge in [-0.2, -0.15) is 0 Å². The summed E-state index contributed by atoms with van der Waals surface area (Å²) in [5.74, 6) is 1.02. The van der Waals surface area contributed by atoms with Gasteiger partial charge in [-0.3, -0.25) is 0 Å². The molecule has 0 amide bonds. The molecule has 1 aromatic carbocycles. The van der Waals surface area contributed by atoms with Crippen LogP contribution in [0, 0.1) is 0 Å². The molecule has 0 spiro atoms. The summed E-state index contributed by atoms with van der Waals surface area (Å²) in [5.41, 5.74) is 1.15. The van der Waals surface area contributed by atoms with Crippen molar-refractivity contribution in [3.05, 3.63) is 30.5 Å². The van der Waals surface area contributed by atoms with Crippen molar-refractivity contribution in [3.63, 3.8) is 0 Å². The minimum absolute atomic E-state index is 0.454. The predicted octanol–water partition coefficient (Wildman–Crippen LogP) is 3.10. The Labute approximate surface area is 82.9 Å². The van der Waals surface area contributed by atoms with E-state index in [1.165, 1.54) is 24.6 Å². The van der Waals surface area contributed by atoms with Gasteiger partial charge >= 0.3 is 0 Å². The van der Waals surface area contributed by atoms with Gasteiger partial charge in [-0.15, -0.1) is 0 Å². The molecule has 2 aromatic rings. The number of hydrogen-bond acceptors (Lipinski definition) is 1. The second-order valence-corrected chi connectivity index (χ2v) is 3.87. The number of hydrogen-bond donors (Lipinski definition) is 1. The van der Waals surface area contributed by atoms with Gasteiger partial charge < -0.3 is 9.72 Å². The molecule has 1 N–H and O–H groups in total. The van der Waals surface area contributed by atoms with Crippen molar-refractivity contribution in [2.45, 2.75) is 25.4 Å². The largest absolute Gasteiger partial charge is 0.490 e. The van der Waals surface area contributed by atoms with Crippen molar-refractivity contribution in [2.24, 2.45) is 0 Å². The lowest BCUT2D eigenvalue weighted by atomic mass is 9.96. The van der Waals surface area contributed by atoms with Crippen LogP contribution in [0.4, 0.5) is 0 Å². The summed E-state index contributed by atoms with van der Waals surface area (Å²) in [6.45, 7) is 0. The zero-order valence-electron chi connectivity index (χ0n) is 7.99. The summed E-state index contributed by atoms with van der Waals surface area (Å²) in [5, 5.41) is 1.19. The monoisotopic (exact) mass is 187 g/mol. The first-order valence-corrected chi connectivity index (χ1v) is 5.16. The summed E-state index contributed by atoms with van der Waals surface area (Å²) in [6.07, 6.45) is 6.14. The second kappa shape index (κ2) is 3.05. The normalized spacial score (nSPS) is 16.9. The Kier molecular flexibility index (Phi) is 1.72. The van der Waals surface area contributed by atoms with Gasteiger partial charge in [0.15, 0.2) is 0 Å². The van der Waals surface area contributed by atoms with E-state index < -0.39 is 0 Å². The molecule has 0 aliphatic heterocycles. The molecule has 0 atom stereocenters. The fourth-order valence-electron chi connectivity index (χ4n) is 1.83. The first kappa shape index (κ1) is 7.92. The molecule has 14 heavy (non-hydrogen) atoms. The van der Waals surface area contributed by atoms with E-state index >= 15 is 0 Å². The predicted molar refractivity (Wildman–Crippen MR) is 56.6 cm³/mol. The topological polar surface area (TPSA) is 25.0 Å². The van der Waals surface area contributed by atoms with Gasteiger partial charge in [0.25, 0.3) is 0 Å². The van der Waals surface area contributed by atoms with Gasteiger partial charge in [0.2, 0.25) is 0 Å². The SMILES string of the molecule is c1cc(OC2CCC2)c2cc[nH]c2c1. The third-order valence-electron chi connectivity index (χ3n) is 2.90. The third-order valence-corrected chi connectivity index (χ3v) is 2.90. The lowest BCUT2D eigenvalue weighted by molar-refractivity contribution is 0.122. The Morgan fingerprint density at radius 3 is 2.93 bits per heavy atom. The maximum absolute atomic E-state index is 5.90.